The molecule has 0 atom stereocenters. The monoisotopic (exact) mass is 254 g/mol. The van der Waals surface area contributed by atoms with Crippen LogP contribution in [0.4, 0.5) is 8.78 Å². The van der Waals surface area contributed by atoms with Crippen molar-refractivity contribution in [2.75, 3.05) is 19.6 Å². The minimum atomic E-state index is -0.923. The Morgan fingerprint density at radius 3 is 2.72 bits per heavy atom. The second-order valence-electron chi connectivity index (χ2n) is 4.38. The summed E-state index contributed by atoms with van der Waals surface area (Å²) in [4.78, 5) is 13.8. The number of carbonyl (C=O) groups is 1. The maximum atomic E-state index is 13.5. The molecule has 18 heavy (non-hydrogen) atoms. The number of amides is 1. The van der Waals surface area contributed by atoms with E-state index in [0.717, 1.165) is 19.2 Å². The molecule has 1 aromatic carbocycles. The Hall–Kier alpha value is -1.49. The molecule has 1 aliphatic heterocycles. The van der Waals surface area contributed by atoms with E-state index in [1.807, 2.05) is 6.92 Å². The van der Waals surface area contributed by atoms with Gasteiger partial charge in [-0.3, -0.25) is 4.79 Å². The van der Waals surface area contributed by atoms with Crippen molar-refractivity contribution in [1.29, 1.82) is 0 Å². The van der Waals surface area contributed by atoms with Crippen LogP contribution in [0.25, 0.3) is 0 Å². The minimum Gasteiger partial charge on any atom is -0.337 e. The number of carbonyl (C=O) groups excluding carboxylic acids is 1. The molecule has 1 heterocycles. The molecular formula is C13H16F2N2O. The highest BCUT2D eigenvalue weighted by molar-refractivity contribution is 5.79. The first-order chi connectivity index (χ1) is 8.63. The van der Waals surface area contributed by atoms with Crippen LogP contribution >= 0.6 is 0 Å². The first-order valence-corrected chi connectivity index (χ1v) is 6.06. The van der Waals surface area contributed by atoms with Gasteiger partial charge in [0.1, 0.15) is 0 Å². The Labute approximate surface area is 105 Å². The van der Waals surface area contributed by atoms with Gasteiger partial charge < -0.3 is 10.2 Å². The van der Waals surface area contributed by atoms with E-state index >= 15 is 0 Å². The van der Waals surface area contributed by atoms with Crippen LogP contribution in [-0.2, 0) is 11.2 Å². The second-order valence-corrected chi connectivity index (χ2v) is 4.38. The van der Waals surface area contributed by atoms with E-state index in [4.69, 9.17) is 0 Å². The van der Waals surface area contributed by atoms with Crippen LogP contribution in [0.15, 0.2) is 18.2 Å². The van der Waals surface area contributed by atoms with Gasteiger partial charge in [-0.2, -0.15) is 0 Å². The molecule has 0 aromatic heterocycles. The van der Waals surface area contributed by atoms with Crippen LogP contribution in [-0.4, -0.2) is 36.5 Å². The number of likely N-dealkylation sites (N-methyl/N-ethyl adjacent to an activating group) is 1. The zero-order chi connectivity index (χ0) is 13.1. The average molecular weight is 254 g/mol. The fraction of sp³-hybridized carbons (Fsp3) is 0.462. The molecule has 1 aromatic rings. The molecule has 1 N–H and O–H groups in total. The zero-order valence-corrected chi connectivity index (χ0v) is 10.2. The normalized spacial score (nSPS) is 15.3. The molecule has 1 amide bonds. The Morgan fingerprint density at radius 2 is 2.17 bits per heavy atom. The Kier molecular flexibility index (Phi) is 3.91. The first kappa shape index (κ1) is 13.0. The van der Waals surface area contributed by atoms with Crippen LogP contribution in [0.1, 0.15) is 12.5 Å². The number of rotatable bonds is 4. The SMILES string of the molecule is CCN(C(=O)Cc1cccc(F)c1F)C1CNC1. The number of nitrogens with one attached hydrogen (secondary N) is 1. The number of halogens is 2. The lowest BCUT2D eigenvalue weighted by Crippen LogP contribution is -2.59. The van der Waals surface area contributed by atoms with Gasteiger partial charge in [0.15, 0.2) is 11.6 Å². The maximum absolute atomic E-state index is 13.5. The molecule has 0 saturated carbocycles. The molecule has 1 saturated heterocycles. The van der Waals surface area contributed by atoms with Gasteiger partial charge in [0, 0.05) is 25.2 Å². The third kappa shape index (κ3) is 2.51. The number of hydrogen-bond donors (Lipinski definition) is 1. The Morgan fingerprint density at radius 1 is 1.44 bits per heavy atom. The van der Waals surface area contributed by atoms with Crippen molar-refractivity contribution in [2.45, 2.75) is 19.4 Å². The third-order valence-electron chi connectivity index (χ3n) is 3.23. The molecule has 0 aliphatic carbocycles. The zero-order valence-electron chi connectivity index (χ0n) is 10.2. The molecule has 1 fully saturated rings. The summed E-state index contributed by atoms with van der Waals surface area (Å²) in [6.45, 7) is 4.01. The molecule has 1 aliphatic rings. The van der Waals surface area contributed by atoms with E-state index in [-0.39, 0.29) is 23.9 Å². The maximum Gasteiger partial charge on any atom is 0.227 e. The summed E-state index contributed by atoms with van der Waals surface area (Å²) in [6, 6.07) is 4.10. The van der Waals surface area contributed by atoms with Gasteiger partial charge in [0.2, 0.25) is 5.91 Å². The summed E-state index contributed by atoms with van der Waals surface area (Å²) in [5, 5.41) is 3.09. The number of nitrogens with zero attached hydrogens (tertiary/aromatic N) is 1. The van der Waals surface area contributed by atoms with Crippen molar-refractivity contribution in [3.05, 3.63) is 35.4 Å². The van der Waals surface area contributed by atoms with Gasteiger partial charge in [-0.05, 0) is 13.0 Å². The first-order valence-electron chi connectivity index (χ1n) is 6.06. The van der Waals surface area contributed by atoms with Gasteiger partial charge in [0.05, 0.1) is 12.5 Å². The topological polar surface area (TPSA) is 32.3 Å². The summed E-state index contributed by atoms with van der Waals surface area (Å²) in [7, 11) is 0. The van der Waals surface area contributed by atoms with Crippen LogP contribution in [0.5, 0.6) is 0 Å². The van der Waals surface area contributed by atoms with Crippen LogP contribution in [0, 0.1) is 11.6 Å². The lowest BCUT2D eigenvalue weighted by molar-refractivity contribution is -0.133. The predicted molar refractivity (Wildman–Crippen MR) is 64.1 cm³/mol. The quantitative estimate of drug-likeness (QED) is 0.879. The molecule has 0 spiro atoms. The fourth-order valence-electron chi connectivity index (χ4n) is 2.08. The lowest BCUT2D eigenvalue weighted by Gasteiger charge is -2.37. The fourth-order valence-corrected chi connectivity index (χ4v) is 2.08. The lowest BCUT2D eigenvalue weighted by atomic mass is 10.1. The van der Waals surface area contributed by atoms with Crippen molar-refractivity contribution < 1.29 is 13.6 Å². The highest BCUT2D eigenvalue weighted by Crippen LogP contribution is 2.14. The van der Waals surface area contributed by atoms with Crippen molar-refractivity contribution in [3.8, 4) is 0 Å². The Bertz CT molecular complexity index is 447. The van der Waals surface area contributed by atoms with E-state index in [1.54, 1.807) is 4.90 Å². The standard InChI is InChI=1S/C13H16F2N2O/c1-2-17(10-7-16-8-10)12(18)6-9-4-3-5-11(14)13(9)15/h3-5,10,16H,2,6-8H2,1H3. The van der Waals surface area contributed by atoms with Gasteiger partial charge >= 0.3 is 0 Å². The van der Waals surface area contributed by atoms with Crippen molar-refractivity contribution in [2.24, 2.45) is 0 Å². The largest absolute Gasteiger partial charge is 0.337 e. The number of benzene rings is 1. The van der Waals surface area contributed by atoms with Gasteiger partial charge in [-0.1, -0.05) is 12.1 Å². The van der Waals surface area contributed by atoms with Crippen molar-refractivity contribution in [3.63, 3.8) is 0 Å². The molecule has 3 nitrogen and oxygen atoms in total. The smallest absolute Gasteiger partial charge is 0.227 e. The molecule has 0 radical (unpaired) electrons. The summed E-state index contributed by atoms with van der Waals surface area (Å²) >= 11 is 0. The van der Waals surface area contributed by atoms with Gasteiger partial charge in [0.25, 0.3) is 0 Å². The minimum absolute atomic E-state index is 0.0894. The van der Waals surface area contributed by atoms with Crippen molar-refractivity contribution >= 4 is 5.91 Å². The predicted octanol–water partition coefficient (Wildman–Crippen LogP) is 1.33. The van der Waals surface area contributed by atoms with E-state index < -0.39 is 11.6 Å². The van der Waals surface area contributed by atoms with Crippen LogP contribution in [0.2, 0.25) is 0 Å². The molecular weight excluding hydrogens is 238 g/mol. The van der Waals surface area contributed by atoms with E-state index in [0.29, 0.717) is 6.54 Å². The van der Waals surface area contributed by atoms with Crippen LogP contribution < -0.4 is 5.32 Å². The van der Waals surface area contributed by atoms with E-state index in [2.05, 4.69) is 5.32 Å². The summed E-state index contributed by atoms with van der Waals surface area (Å²) in [5.74, 6) is -1.99. The highest BCUT2D eigenvalue weighted by atomic mass is 19.2. The summed E-state index contributed by atoms with van der Waals surface area (Å²) in [6.07, 6.45) is -0.0894. The van der Waals surface area contributed by atoms with Gasteiger partial charge in [-0.15, -0.1) is 0 Å². The van der Waals surface area contributed by atoms with E-state index in [9.17, 15) is 13.6 Å². The molecule has 0 bridgehead atoms. The Balaban J connectivity index is 2.07. The highest BCUT2D eigenvalue weighted by Gasteiger charge is 2.27. The van der Waals surface area contributed by atoms with Gasteiger partial charge in [-0.25, -0.2) is 8.78 Å². The third-order valence-corrected chi connectivity index (χ3v) is 3.23. The van der Waals surface area contributed by atoms with Crippen molar-refractivity contribution in [1.82, 2.24) is 10.2 Å². The molecule has 0 unspecified atom stereocenters. The molecule has 2 rings (SSSR count). The summed E-state index contributed by atoms with van der Waals surface area (Å²) < 4.78 is 26.5. The van der Waals surface area contributed by atoms with E-state index in [1.165, 1.54) is 12.1 Å². The molecule has 98 valence electrons. The average Bonchev–Trinajstić information content (AvgIpc) is 2.29. The summed E-state index contributed by atoms with van der Waals surface area (Å²) in [5.41, 5.74) is 0.116. The number of hydrogen-bond acceptors (Lipinski definition) is 2. The van der Waals surface area contributed by atoms with Crippen LogP contribution in [0.3, 0.4) is 0 Å². The second kappa shape index (κ2) is 5.44. The molecule has 5 heteroatoms.